The Morgan fingerprint density at radius 3 is 2.75 bits per heavy atom. The molecule has 4 heteroatoms. The lowest BCUT2D eigenvalue weighted by molar-refractivity contribution is 0.191. The van der Waals surface area contributed by atoms with Gasteiger partial charge in [-0.05, 0) is 6.42 Å². The molecule has 0 spiro atoms. The van der Waals surface area contributed by atoms with Crippen LogP contribution in [0.3, 0.4) is 0 Å². The number of rotatable bonds is 5. The molecule has 1 amide bonds. The zero-order valence-electron chi connectivity index (χ0n) is 7.16. The Labute approximate surface area is 71.9 Å². The van der Waals surface area contributed by atoms with Crippen molar-refractivity contribution in [3.05, 3.63) is 12.2 Å². The van der Waals surface area contributed by atoms with Gasteiger partial charge in [0, 0.05) is 0 Å². The van der Waals surface area contributed by atoms with Crippen molar-refractivity contribution in [3.63, 3.8) is 0 Å². The van der Waals surface area contributed by atoms with Crippen LogP contribution in [0.25, 0.3) is 0 Å². The summed E-state index contributed by atoms with van der Waals surface area (Å²) in [5.74, 6) is 0. The van der Waals surface area contributed by atoms with Crippen molar-refractivity contribution in [3.8, 4) is 0 Å². The molecular weight excluding hydrogens is 158 g/mol. The van der Waals surface area contributed by atoms with E-state index in [0.717, 1.165) is 12.8 Å². The standard InChI is InChI=1S/C8H15NO3/c1-2-4-7(5-3-6-10)9-8(11)12/h3,5,7,9-10H,2,4,6H2,1H3,(H,11,12)/t7-/m0/s1. The minimum atomic E-state index is -1.03. The second kappa shape index (κ2) is 6.67. The van der Waals surface area contributed by atoms with Crippen LogP contribution in [0.4, 0.5) is 4.79 Å². The summed E-state index contributed by atoms with van der Waals surface area (Å²) in [5, 5.41) is 19.2. The predicted octanol–water partition coefficient (Wildman–Crippen LogP) is 0.971. The van der Waals surface area contributed by atoms with Crippen LogP contribution in [0.15, 0.2) is 12.2 Å². The SMILES string of the molecule is CCC[C@@H](C=CCO)NC(=O)O. The first-order valence-electron chi connectivity index (χ1n) is 3.97. The molecule has 0 radical (unpaired) electrons. The van der Waals surface area contributed by atoms with Crippen LogP contribution in [-0.2, 0) is 0 Å². The Hall–Kier alpha value is -1.03. The Kier molecular flexibility index (Phi) is 6.09. The number of nitrogens with one attached hydrogen (secondary N) is 1. The third-order valence-corrected chi connectivity index (χ3v) is 1.38. The van der Waals surface area contributed by atoms with E-state index in [9.17, 15) is 4.79 Å². The van der Waals surface area contributed by atoms with Gasteiger partial charge in [0.25, 0.3) is 0 Å². The van der Waals surface area contributed by atoms with Crippen LogP contribution >= 0.6 is 0 Å². The van der Waals surface area contributed by atoms with E-state index in [1.807, 2.05) is 6.92 Å². The number of hydrogen-bond acceptors (Lipinski definition) is 2. The maximum atomic E-state index is 10.2. The summed E-state index contributed by atoms with van der Waals surface area (Å²) >= 11 is 0. The normalized spacial score (nSPS) is 13.2. The van der Waals surface area contributed by atoms with Crippen LogP contribution in [0.5, 0.6) is 0 Å². The molecule has 0 aromatic heterocycles. The summed E-state index contributed by atoms with van der Waals surface area (Å²) in [6.07, 6.45) is 3.83. The van der Waals surface area contributed by atoms with Gasteiger partial charge in [0.1, 0.15) is 0 Å². The number of aliphatic hydroxyl groups is 1. The van der Waals surface area contributed by atoms with Gasteiger partial charge in [-0.3, -0.25) is 0 Å². The Morgan fingerprint density at radius 2 is 2.33 bits per heavy atom. The summed E-state index contributed by atoms with van der Waals surface area (Å²) in [6, 6.07) is -0.181. The Balaban J connectivity index is 3.85. The molecule has 0 bridgehead atoms. The molecule has 0 aliphatic carbocycles. The third-order valence-electron chi connectivity index (χ3n) is 1.38. The molecule has 0 saturated carbocycles. The molecule has 0 aliphatic rings. The van der Waals surface area contributed by atoms with Gasteiger partial charge in [-0.25, -0.2) is 4.79 Å². The molecule has 4 nitrogen and oxygen atoms in total. The van der Waals surface area contributed by atoms with E-state index in [1.54, 1.807) is 6.08 Å². The maximum absolute atomic E-state index is 10.2. The quantitative estimate of drug-likeness (QED) is 0.542. The lowest BCUT2D eigenvalue weighted by Crippen LogP contribution is -2.31. The molecule has 0 heterocycles. The van der Waals surface area contributed by atoms with E-state index >= 15 is 0 Å². The molecule has 0 aromatic carbocycles. The highest BCUT2D eigenvalue weighted by molar-refractivity contribution is 5.65. The van der Waals surface area contributed by atoms with Crippen LogP contribution in [0, 0.1) is 0 Å². The van der Waals surface area contributed by atoms with E-state index in [4.69, 9.17) is 10.2 Å². The molecule has 12 heavy (non-hydrogen) atoms. The first kappa shape index (κ1) is 11.0. The van der Waals surface area contributed by atoms with Crippen molar-refractivity contribution < 1.29 is 15.0 Å². The summed E-state index contributed by atoms with van der Waals surface area (Å²) in [7, 11) is 0. The summed E-state index contributed by atoms with van der Waals surface area (Å²) in [6.45, 7) is 1.92. The van der Waals surface area contributed by atoms with Crippen molar-refractivity contribution >= 4 is 6.09 Å². The molecular formula is C8H15NO3. The van der Waals surface area contributed by atoms with Gasteiger partial charge in [-0.1, -0.05) is 25.5 Å². The maximum Gasteiger partial charge on any atom is 0.405 e. The minimum Gasteiger partial charge on any atom is -0.465 e. The van der Waals surface area contributed by atoms with Gasteiger partial charge in [-0.15, -0.1) is 0 Å². The van der Waals surface area contributed by atoms with Gasteiger partial charge in [-0.2, -0.15) is 0 Å². The van der Waals surface area contributed by atoms with Crippen molar-refractivity contribution in [2.45, 2.75) is 25.8 Å². The summed E-state index contributed by atoms with van der Waals surface area (Å²) in [4.78, 5) is 10.2. The fourth-order valence-corrected chi connectivity index (χ4v) is 0.911. The largest absolute Gasteiger partial charge is 0.465 e. The number of aliphatic hydroxyl groups excluding tert-OH is 1. The number of amides is 1. The number of carbonyl (C=O) groups is 1. The summed E-state index contributed by atoms with van der Waals surface area (Å²) in [5.41, 5.74) is 0. The van der Waals surface area contributed by atoms with Crippen molar-refractivity contribution in [2.24, 2.45) is 0 Å². The van der Waals surface area contributed by atoms with Gasteiger partial charge in [0.15, 0.2) is 0 Å². The molecule has 0 rings (SSSR count). The van der Waals surface area contributed by atoms with Crippen LogP contribution < -0.4 is 5.32 Å². The zero-order chi connectivity index (χ0) is 9.40. The highest BCUT2D eigenvalue weighted by atomic mass is 16.4. The topological polar surface area (TPSA) is 69.6 Å². The molecule has 3 N–H and O–H groups in total. The first-order chi connectivity index (χ1) is 5.70. The van der Waals surface area contributed by atoms with E-state index < -0.39 is 6.09 Å². The van der Waals surface area contributed by atoms with Gasteiger partial charge >= 0.3 is 6.09 Å². The second-order valence-electron chi connectivity index (χ2n) is 2.46. The Bertz CT molecular complexity index is 156. The smallest absolute Gasteiger partial charge is 0.405 e. The predicted molar refractivity (Wildman–Crippen MR) is 46.1 cm³/mol. The van der Waals surface area contributed by atoms with Gasteiger partial charge in [0.05, 0.1) is 12.6 Å². The average molecular weight is 173 g/mol. The lowest BCUT2D eigenvalue weighted by atomic mass is 10.1. The fourth-order valence-electron chi connectivity index (χ4n) is 0.911. The zero-order valence-corrected chi connectivity index (χ0v) is 7.16. The van der Waals surface area contributed by atoms with Crippen LogP contribution in [0.1, 0.15) is 19.8 Å². The third kappa shape index (κ3) is 5.73. The highest BCUT2D eigenvalue weighted by Gasteiger charge is 2.04. The van der Waals surface area contributed by atoms with E-state index in [1.165, 1.54) is 6.08 Å². The molecule has 0 fully saturated rings. The first-order valence-corrected chi connectivity index (χ1v) is 3.97. The van der Waals surface area contributed by atoms with Gasteiger partial charge in [0.2, 0.25) is 0 Å². The lowest BCUT2D eigenvalue weighted by Gasteiger charge is -2.10. The Morgan fingerprint density at radius 1 is 1.67 bits per heavy atom. The molecule has 0 unspecified atom stereocenters. The number of carboxylic acid groups (broad SMARTS) is 1. The van der Waals surface area contributed by atoms with Crippen LogP contribution in [0.2, 0.25) is 0 Å². The number of hydrogen-bond donors (Lipinski definition) is 3. The monoisotopic (exact) mass is 173 g/mol. The van der Waals surface area contributed by atoms with E-state index in [2.05, 4.69) is 5.32 Å². The van der Waals surface area contributed by atoms with Gasteiger partial charge < -0.3 is 15.5 Å². The second-order valence-corrected chi connectivity index (χ2v) is 2.46. The van der Waals surface area contributed by atoms with Crippen LogP contribution in [-0.4, -0.2) is 29.0 Å². The molecule has 70 valence electrons. The minimum absolute atomic E-state index is 0.0541. The highest BCUT2D eigenvalue weighted by Crippen LogP contribution is 1.97. The van der Waals surface area contributed by atoms with E-state index in [-0.39, 0.29) is 12.6 Å². The molecule has 0 saturated heterocycles. The van der Waals surface area contributed by atoms with E-state index in [0.29, 0.717) is 0 Å². The fraction of sp³-hybridized carbons (Fsp3) is 0.625. The van der Waals surface area contributed by atoms with Crippen molar-refractivity contribution in [1.82, 2.24) is 5.32 Å². The average Bonchev–Trinajstić information content (AvgIpc) is 2.00. The summed E-state index contributed by atoms with van der Waals surface area (Å²) < 4.78 is 0. The van der Waals surface area contributed by atoms with Crippen molar-refractivity contribution in [2.75, 3.05) is 6.61 Å². The molecule has 0 aromatic rings. The molecule has 0 aliphatic heterocycles. The van der Waals surface area contributed by atoms with Crippen molar-refractivity contribution in [1.29, 1.82) is 0 Å². The molecule has 1 atom stereocenters.